The van der Waals surface area contributed by atoms with Crippen LogP contribution in [-0.2, 0) is 19.9 Å². The van der Waals surface area contributed by atoms with Crippen molar-refractivity contribution >= 4 is 17.6 Å². The van der Waals surface area contributed by atoms with Gasteiger partial charge in [0.25, 0.3) is 0 Å². The normalized spacial score (nSPS) is 24.2. The van der Waals surface area contributed by atoms with Crippen molar-refractivity contribution < 1.29 is 19.4 Å². The van der Waals surface area contributed by atoms with E-state index in [1.807, 2.05) is 30.3 Å². The maximum atomic E-state index is 12.1. The molecule has 2 unspecified atom stereocenters. The fourth-order valence-electron chi connectivity index (χ4n) is 4.13. The van der Waals surface area contributed by atoms with Crippen LogP contribution in [0.4, 0.5) is 0 Å². The maximum Gasteiger partial charge on any atom is 0.332 e. The number of hydrogen-bond donors (Lipinski definition) is 2. The Kier molecular flexibility index (Phi) is 7.30. The van der Waals surface area contributed by atoms with Gasteiger partial charge in [-0.05, 0) is 67.5 Å². The molecule has 0 aliphatic heterocycles. The molecule has 2 aliphatic carbocycles. The van der Waals surface area contributed by atoms with E-state index in [2.05, 4.69) is 11.4 Å². The van der Waals surface area contributed by atoms with Crippen molar-refractivity contribution in [3.8, 4) is 0 Å². The number of carbonyl (C=O) groups excluding carboxylic acids is 1. The SMILES string of the molecule is CCOC(=O)COC1(c2cccc(Cl)c2)C=CC2=C(CCCC2)C1NCCO. The first-order chi connectivity index (χ1) is 13.6. The van der Waals surface area contributed by atoms with E-state index in [1.165, 1.54) is 17.6 Å². The van der Waals surface area contributed by atoms with E-state index >= 15 is 0 Å². The van der Waals surface area contributed by atoms with Gasteiger partial charge >= 0.3 is 5.97 Å². The van der Waals surface area contributed by atoms with Crippen LogP contribution in [0.5, 0.6) is 0 Å². The fraction of sp³-hybridized carbons (Fsp3) is 0.500. The minimum atomic E-state index is -0.900. The Hall–Kier alpha value is -1.66. The average Bonchev–Trinajstić information content (AvgIpc) is 2.71. The molecule has 2 N–H and O–H groups in total. The van der Waals surface area contributed by atoms with Gasteiger partial charge in [0.15, 0.2) is 0 Å². The lowest BCUT2D eigenvalue weighted by molar-refractivity contribution is -0.155. The third-order valence-corrected chi connectivity index (χ3v) is 5.57. The number of rotatable bonds is 8. The van der Waals surface area contributed by atoms with Crippen LogP contribution in [-0.4, -0.2) is 43.5 Å². The summed E-state index contributed by atoms with van der Waals surface area (Å²) in [6.45, 7) is 2.37. The van der Waals surface area contributed by atoms with Gasteiger partial charge in [-0.1, -0.05) is 29.8 Å². The summed E-state index contributed by atoms with van der Waals surface area (Å²) in [5.41, 5.74) is 2.57. The zero-order valence-electron chi connectivity index (χ0n) is 16.2. The fourth-order valence-corrected chi connectivity index (χ4v) is 4.32. The number of ether oxygens (including phenoxy) is 2. The third kappa shape index (κ3) is 4.49. The van der Waals surface area contributed by atoms with Crippen molar-refractivity contribution in [1.82, 2.24) is 5.32 Å². The highest BCUT2D eigenvalue weighted by Gasteiger charge is 2.45. The van der Waals surface area contributed by atoms with E-state index in [0.717, 1.165) is 24.8 Å². The number of benzene rings is 1. The number of esters is 1. The minimum absolute atomic E-state index is 0.0202. The molecule has 0 saturated carbocycles. The third-order valence-electron chi connectivity index (χ3n) is 5.33. The van der Waals surface area contributed by atoms with Crippen LogP contribution in [0.3, 0.4) is 0 Å². The van der Waals surface area contributed by atoms with Crippen molar-refractivity contribution in [1.29, 1.82) is 0 Å². The second kappa shape index (κ2) is 9.70. The average molecular weight is 406 g/mol. The predicted molar refractivity (Wildman–Crippen MR) is 109 cm³/mol. The van der Waals surface area contributed by atoms with Crippen molar-refractivity contribution in [3.05, 3.63) is 58.1 Å². The molecule has 1 aromatic rings. The number of aliphatic hydroxyl groups is 1. The lowest BCUT2D eigenvalue weighted by atomic mass is 9.72. The number of aliphatic hydroxyl groups excluding tert-OH is 1. The Labute approximate surface area is 171 Å². The number of halogens is 1. The monoisotopic (exact) mass is 405 g/mol. The molecular weight excluding hydrogens is 378 g/mol. The molecule has 1 aromatic carbocycles. The van der Waals surface area contributed by atoms with Gasteiger partial charge < -0.3 is 19.9 Å². The Bertz CT molecular complexity index is 761. The van der Waals surface area contributed by atoms with E-state index in [9.17, 15) is 9.90 Å². The Morgan fingerprint density at radius 2 is 2.18 bits per heavy atom. The molecule has 6 heteroatoms. The van der Waals surface area contributed by atoms with E-state index in [4.69, 9.17) is 21.1 Å². The summed E-state index contributed by atoms with van der Waals surface area (Å²) in [5, 5.41) is 13.5. The molecule has 0 spiro atoms. The van der Waals surface area contributed by atoms with E-state index in [-0.39, 0.29) is 19.3 Å². The van der Waals surface area contributed by atoms with E-state index in [1.54, 1.807) is 6.92 Å². The first-order valence-corrected chi connectivity index (χ1v) is 10.3. The van der Waals surface area contributed by atoms with Crippen LogP contribution in [0.2, 0.25) is 5.02 Å². The largest absolute Gasteiger partial charge is 0.464 e. The first kappa shape index (κ1) is 21.1. The highest BCUT2D eigenvalue weighted by molar-refractivity contribution is 6.30. The predicted octanol–water partition coefficient (Wildman–Crippen LogP) is 3.51. The molecule has 0 heterocycles. The second-order valence-corrected chi connectivity index (χ2v) is 7.54. The summed E-state index contributed by atoms with van der Waals surface area (Å²) < 4.78 is 11.4. The van der Waals surface area contributed by atoms with Gasteiger partial charge in [0, 0.05) is 11.6 Å². The van der Waals surface area contributed by atoms with E-state index < -0.39 is 11.6 Å². The highest BCUT2D eigenvalue weighted by atomic mass is 35.5. The van der Waals surface area contributed by atoms with Gasteiger partial charge in [0.05, 0.1) is 19.3 Å². The maximum absolute atomic E-state index is 12.1. The Balaban J connectivity index is 2.03. The molecule has 0 aromatic heterocycles. The molecule has 28 heavy (non-hydrogen) atoms. The van der Waals surface area contributed by atoms with Gasteiger partial charge in [-0.2, -0.15) is 0 Å². The molecule has 152 valence electrons. The van der Waals surface area contributed by atoms with Crippen molar-refractivity contribution in [2.24, 2.45) is 0 Å². The molecule has 2 atom stereocenters. The number of allylic oxidation sites excluding steroid dienone is 2. The van der Waals surface area contributed by atoms with Gasteiger partial charge in [0.1, 0.15) is 12.2 Å². The van der Waals surface area contributed by atoms with Crippen molar-refractivity contribution in [2.75, 3.05) is 26.4 Å². The number of nitrogens with one attached hydrogen (secondary N) is 1. The highest BCUT2D eigenvalue weighted by Crippen LogP contribution is 2.44. The standard InChI is InChI=1S/C22H28ClNO4/c1-2-27-20(26)15-28-22(17-7-5-8-18(23)14-17)11-10-16-6-3-4-9-19(16)21(22)24-12-13-25/h5,7-8,10-11,14,21,24-25H,2-4,6,9,12-13,15H2,1H3. The van der Waals surface area contributed by atoms with Crippen LogP contribution < -0.4 is 5.32 Å². The molecule has 0 bridgehead atoms. The smallest absolute Gasteiger partial charge is 0.332 e. The van der Waals surface area contributed by atoms with Crippen LogP contribution in [0.15, 0.2) is 47.6 Å². The molecule has 0 saturated heterocycles. The Morgan fingerprint density at radius 3 is 2.93 bits per heavy atom. The molecule has 0 radical (unpaired) electrons. The van der Waals surface area contributed by atoms with Crippen molar-refractivity contribution in [2.45, 2.75) is 44.2 Å². The molecule has 2 aliphatic rings. The lowest BCUT2D eigenvalue weighted by Crippen LogP contribution is -2.53. The second-order valence-electron chi connectivity index (χ2n) is 7.10. The summed E-state index contributed by atoms with van der Waals surface area (Å²) >= 11 is 6.28. The van der Waals surface area contributed by atoms with Gasteiger partial charge in [-0.25, -0.2) is 4.79 Å². The molecular formula is C22H28ClNO4. The summed E-state index contributed by atoms with van der Waals surface area (Å²) in [6, 6.07) is 7.35. The zero-order chi connectivity index (χ0) is 20.0. The topological polar surface area (TPSA) is 67.8 Å². The Morgan fingerprint density at radius 1 is 1.36 bits per heavy atom. The molecule has 0 amide bonds. The van der Waals surface area contributed by atoms with Crippen LogP contribution >= 0.6 is 11.6 Å². The minimum Gasteiger partial charge on any atom is -0.464 e. The number of hydrogen-bond acceptors (Lipinski definition) is 5. The molecule has 5 nitrogen and oxygen atoms in total. The summed E-state index contributed by atoms with van der Waals surface area (Å²) in [4.78, 5) is 12.1. The van der Waals surface area contributed by atoms with Crippen LogP contribution in [0.1, 0.15) is 38.2 Å². The van der Waals surface area contributed by atoms with Crippen LogP contribution in [0, 0.1) is 0 Å². The quantitative estimate of drug-likeness (QED) is 0.648. The van der Waals surface area contributed by atoms with Gasteiger partial charge in [0.2, 0.25) is 0 Å². The summed E-state index contributed by atoms with van der Waals surface area (Å²) in [6.07, 6.45) is 8.44. The zero-order valence-corrected chi connectivity index (χ0v) is 17.0. The van der Waals surface area contributed by atoms with Crippen LogP contribution in [0.25, 0.3) is 0 Å². The molecule has 3 rings (SSSR count). The lowest BCUT2D eigenvalue weighted by Gasteiger charge is -2.44. The summed E-state index contributed by atoms with van der Waals surface area (Å²) in [7, 11) is 0. The first-order valence-electron chi connectivity index (χ1n) is 9.91. The van der Waals surface area contributed by atoms with Gasteiger partial charge in [-0.3, -0.25) is 0 Å². The van der Waals surface area contributed by atoms with Gasteiger partial charge in [-0.15, -0.1) is 0 Å². The van der Waals surface area contributed by atoms with Crippen molar-refractivity contribution in [3.63, 3.8) is 0 Å². The number of carbonyl (C=O) groups is 1. The van der Waals surface area contributed by atoms with E-state index in [0.29, 0.717) is 18.2 Å². The molecule has 0 fully saturated rings. The summed E-state index contributed by atoms with van der Waals surface area (Å²) in [5.74, 6) is -0.401.